The molecule has 0 saturated carbocycles. The Morgan fingerprint density at radius 1 is 1.05 bits per heavy atom. The smallest absolute Gasteiger partial charge is 0.106 e. The summed E-state index contributed by atoms with van der Waals surface area (Å²) in [6.45, 7) is 2.78. The van der Waals surface area contributed by atoms with Gasteiger partial charge in [-0.15, -0.1) is 0 Å². The van der Waals surface area contributed by atoms with Gasteiger partial charge in [0.15, 0.2) is 0 Å². The van der Waals surface area contributed by atoms with Crippen LogP contribution in [0.15, 0.2) is 54.6 Å². The summed E-state index contributed by atoms with van der Waals surface area (Å²) in [5.74, 6) is 0.992. The minimum absolute atomic E-state index is 0.434. The maximum atomic E-state index is 10.2. The standard InChI is InChI=1S/C17H18N2O/c1-13-18-15-9-5-6-10-16(15)19(13)12-11-17(20)14-7-3-2-4-8-14/h2-10,17,20H,11-12H2,1H3/t17-/m1/s1. The van der Waals surface area contributed by atoms with Crippen LogP contribution in [0.4, 0.5) is 0 Å². The molecular weight excluding hydrogens is 248 g/mol. The van der Waals surface area contributed by atoms with Gasteiger partial charge in [0, 0.05) is 6.54 Å². The molecule has 3 nitrogen and oxygen atoms in total. The fourth-order valence-corrected chi connectivity index (χ4v) is 2.57. The topological polar surface area (TPSA) is 38.0 Å². The average Bonchev–Trinajstić information content (AvgIpc) is 2.81. The Morgan fingerprint density at radius 3 is 2.55 bits per heavy atom. The number of para-hydroxylation sites is 2. The maximum absolute atomic E-state index is 10.2. The lowest BCUT2D eigenvalue weighted by molar-refractivity contribution is 0.161. The summed E-state index contributed by atoms with van der Waals surface area (Å²) >= 11 is 0. The monoisotopic (exact) mass is 266 g/mol. The SMILES string of the molecule is Cc1nc2ccccc2n1CC[C@@H](O)c1ccccc1. The van der Waals surface area contributed by atoms with Gasteiger partial charge in [0.25, 0.3) is 0 Å². The van der Waals surface area contributed by atoms with E-state index < -0.39 is 6.10 Å². The number of aliphatic hydroxyl groups excluding tert-OH is 1. The van der Waals surface area contributed by atoms with Gasteiger partial charge in [0.1, 0.15) is 5.82 Å². The van der Waals surface area contributed by atoms with E-state index in [-0.39, 0.29) is 0 Å². The number of fused-ring (bicyclic) bond motifs is 1. The molecule has 1 heterocycles. The van der Waals surface area contributed by atoms with Gasteiger partial charge >= 0.3 is 0 Å². The molecule has 20 heavy (non-hydrogen) atoms. The molecule has 0 aliphatic rings. The van der Waals surface area contributed by atoms with Crippen molar-refractivity contribution in [3.63, 3.8) is 0 Å². The van der Waals surface area contributed by atoms with Crippen molar-refractivity contribution in [1.29, 1.82) is 0 Å². The Bertz CT molecular complexity index is 703. The Hall–Kier alpha value is -2.13. The van der Waals surface area contributed by atoms with Gasteiger partial charge in [0.05, 0.1) is 17.1 Å². The second-order valence-corrected chi connectivity index (χ2v) is 5.01. The summed E-state index contributed by atoms with van der Waals surface area (Å²) in [6.07, 6.45) is 0.252. The first kappa shape index (κ1) is 12.9. The third-order valence-corrected chi connectivity index (χ3v) is 3.66. The number of aromatic nitrogens is 2. The summed E-state index contributed by atoms with van der Waals surface area (Å²) in [6, 6.07) is 17.9. The average molecular weight is 266 g/mol. The van der Waals surface area contributed by atoms with Crippen LogP contribution in [-0.4, -0.2) is 14.7 Å². The van der Waals surface area contributed by atoms with E-state index in [1.165, 1.54) is 0 Å². The van der Waals surface area contributed by atoms with E-state index in [4.69, 9.17) is 0 Å². The lowest BCUT2D eigenvalue weighted by Gasteiger charge is -2.12. The van der Waals surface area contributed by atoms with Gasteiger partial charge in [-0.05, 0) is 31.0 Å². The largest absolute Gasteiger partial charge is 0.388 e. The molecular formula is C17H18N2O. The van der Waals surface area contributed by atoms with Gasteiger partial charge in [-0.1, -0.05) is 42.5 Å². The Morgan fingerprint density at radius 2 is 1.75 bits per heavy atom. The van der Waals surface area contributed by atoms with Crippen LogP contribution in [0.1, 0.15) is 23.9 Å². The van der Waals surface area contributed by atoms with Crippen molar-refractivity contribution in [2.45, 2.75) is 26.0 Å². The number of benzene rings is 2. The molecule has 0 fully saturated rings. The van der Waals surface area contributed by atoms with Crippen molar-refractivity contribution in [3.8, 4) is 0 Å². The van der Waals surface area contributed by atoms with Crippen molar-refractivity contribution in [2.75, 3.05) is 0 Å². The highest BCUT2D eigenvalue weighted by atomic mass is 16.3. The number of hydrogen-bond donors (Lipinski definition) is 1. The maximum Gasteiger partial charge on any atom is 0.106 e. The summed E-state index contributed by atoms with van der Waals surface area (Å²) in [7, 11) is 0. The molecule has 0 saturated heterocycles. The normalized spacial score (nSPS) is 12.7. The van der Waals surface area contributed by atoms with Gasteiger partial charge in [-0.3, -0.25) is 0 Å². The number of aryl methyl sites for hydroxylation is 2. The molecule has 102 valence electrons. The van der Waals surface area contributed by atoms with Crippen molar-refractivity contribution in [3.05, 3.63) is 66.0 Å². The Balaban J connectivity index is 1.79. The van der Waals surface area contributed by atoms with Gasteiger partial charge in [-0.25, -0.2) is 4.98 Å². The van der Waals surface area contributed by atoms with Crippen molar-refractivity contribution in [2.24, 2.45) is 0 Å². The number of nitrogens with zero attached hydrogens (tertiary/aromatic N) is 2. The lowest BCUT2D eigenvalue weighted by atomic mass is 10.1. The quantitative estimate of drug-likeness (QED) is 0.785. The van der Waals surface area contributed by atoms with Gasteiger partial charge in [0.2, 0.25) is 0 Å². The van der Waals surface area contributed by atoms with E-state index >= 15 is 0 Å². The third-order valence-electron chi connectivity index (χ3n) is 3.66. The molecule has 0 radical (unpaired) electrons. The van der Waals surface area contributed by atoms with Gasteiger partial charge in [-0.2, -0.15) is 0 Å². The van der Waals surface area contributed by atoms with Crippen LogP contribution >= 0.6 is 0 Å². The number of aliphatic hydroxyl groups is 1. The van der Waals surface area contributed by atoms with E-state index in [1.54, 1.807) is 0 Å². The molecule has 1 N–H and O–H groups in total. The lowest BCUT2D eigenvalue weighted by Crippen LogP contribution is -2.06. The Labute approximate surface area is 118 Å². The first-order valence-corrected chi connectivity index (χ1v) is 6.90. The predicted octanol–water partition coefficient (Wildman–Crippen LogP) is 3.47. The molecule has 0 aliphatic carbocycles. The van der Waals surface area contributed by atoms with Crippen LogP contribution in [0.25, 0.3) is 11.0 Å². The zero-order valence-electron chi connectivity index (χ0n) is 11.5. The molecule has 3 aromatic rings. The summed E-state index contributed by atoms with van der Waals surface area (Å²) in [5, 5.41) is 10.2. The van der Waals surface area contributed by atoms with Crippen LogP contribution in [-0.2, 0) is 6.54 Å². The highest BCUT2D eigenvalue weighted by Gasteiger charge is 2.10. The molecule has 0 spiro atoms. The first-order chi connectivity index (χ1) is 9.75. The third kappa shape index (κ3) is 2.45. The fourth-order valence-electron chi connectivity index (χ4n) is 2.57. The second-order valence-electron chi connectivity index (χ2n) is 5.01. The van der Waals surface area contributed by atoms with E-state index in [9.17, 15) is 5.11 Å². The first-order valence-electron chi connectivity index (χ1n) is 6.90. The van der Waals surface area contributed by atoms with Crippen molar-refractivity contribution < 1.29 is 5.11 Å². The molecule has 2 aromatic carbocycles. The zero-order chi connectivity index (χ0) is 13.9. The van der Waals surface area contributed by atoms with Crippen LogP contribution in [0, 0.1) is 6.92 Å². The van der Waals surface area contributed by atoms with Crippen molar-refractivity contribution in [1.82, 2.24) is 9.55 Å². The Kier molecular flexibility index (Phi) is 3.52. The number of hydrogen-bond acceptors (Lipinski definition) is 2. The molecule has 0 amide bonds. The van der Waals surface area contributed by atoms with E-state index in [2.05, 4.69) is 15.6 Å². The molecule has 3 heteroatoms. The number of rotatable bonds is 4. The minimum Gasteiger partial charge on any atom is -0.388 e. The molecule has 0 unspecified atom stereocenters. The minimum atomic E-state index is -0.434. The molecule has 1 atom stereocenters. The zero-order valence-corrected chi connectivity index (χ0v) is 11.5. The summed E-state index contributed by atoms with van der Waals surface area (Å²) in [4.78, 5) is 4.55. The number of imidazole rings is 1. The van der Waals surface area contributed by atoms with Crippen LogP contribution < -0.4 is 0 Å². The second kappa shape index (κ2) is 5.47. The predicted molar refractivity (Wildman–Crippen MR) is 80.5 cm³/mol. The highest BCUT2D eigenvalue weighted by molar-refractivity contribution is 5.75. The van der Waals surface area contributed by atoms with Crippen LogP contribution in [0.3, 0.4) is 0 Å². The van der Waals surface area contributed by atoms with E-state index in [0.29, 0.717) is 6.42 Å². The molecule has 3 rings (SSSR count). The van der Waals surface area contributed by atoms with Crippen molar-refractivity contribution >= 4 is 11.0 Å². The fraction of sp³-hybridized carbons (Fsp3) is 0.235. The molecule has 1 aromatic heterocycles. The highest BCUT2D eigenvalue weighted by Crippen LogP contribution is 2.20. The summed E-state index contributed by atoms with van der Waals surface area (Å²) in [5.41, 5.74) is 3.11. The molecule has 0 bridgehead atoms. The summed E-state index contributed by atoms with van der Waals surface area (Å²) < 4.78 is 2.17. The van der Waals surface area contributed by atoms with E-state index in [0.717, 1.165) is 29.0 Å². The van der Waals surface area contributed by atoms with Crippen LogP contribution in [0.2, 0.25) is 0 Å². The molecule has 0 aliphatic heterocycles. The van der Waals surface area contributed by atoms with Crippen LogP contribution in [0.5, 0.6) is 0 Å². The van der Waals surface area contributed by atoms with E-state index in [1.807, 2.05) is 55.5 Å². The van der Waals surface area contributed by atoms with Gasteiger partial charge < -0.3 is 9.67 Å².